The molecule has 0 aromatic carbocycles. The average Bonchev–Trinajstić information content (AvgIpc) is 2.69. The van der Waals surface area contributed by atoms with Crippen LogP contribution in [-0.2, 0) is 0 Å². The van der Waals surface area contributed by atoms with Crippen molar-refractivity contribution in [2.45, 2.75) is 0 Å². The normalized spacial score (nSPS) is 10.8. The lowest BCUT2D eigenvalue weighted by atomic mass is 10.2. The summed E-state index contributed by atoms with van der Waals surface area (Å²) < 4.78 is 1.98. The molecule has 0 aliphatic rings. The minimum absolute atomic E-state index is 0.687. The van der Waals surface area contributed by atoms with Gasteiger partial charge >= 0.3 is 0 Å². The fourth-order valence-corrected chi connectivity index (χ4v) is 1.81. The van der Waals surface area contributed by atoms with E-state index in [0.717, 1.165) is 16.9 Å². The molecule has 0 amide bonds. The van der Waals surface area contributed by atoms with Gasteiger partial charge in [0.05, 0.1) is 11.4 Å². The Morgan fingerprint density at radius 1 is 1.12 bits per heavy atom. The highest BCUT2D eigenvalue weighted by atomic mass is 15.0. The Kier molecular flexibility index (Phi) is 1.86. The lowest BCUT2D eigenvalue weighted by Gasteiger charge is -2.00. The van der Waals surface area contributed by atoms with Crippen LogP contribution in [0, 0.1) is 0 Å². The first kappa shape index (κ1) is 8.91. The van der Waals surface area contributed by atoms with Crippen molar-refractivity contribution in [3.8, 4) is 11.3 Å². The maximum atomic E-state index is 5.92. The molecule has 3 aromatic heterocycles. The summed E-state index contributed by atoms with van der Waals surface area (Å²) in [6.07, 6.45) is 7.22. The van der Waals surface area contributed by atoms with Gasteiger partial charge in [-0.2, -0.15) is 0 Å². The van der Waals surface area contributed by atoms with Crippen molar-refractivity contribution in [3.63, 3.8) is 0 Å². The largest absolute Gasteiger partial charge is 0.396 e. The first-order chi connectivity index (χ1) is 7.86. The molecule has 3 aromatic rings. The Morgan fingerprint density at radius 2 is 1.94 bits per heavy atom. The summed E-state index contributed by atoms with van der Waals surface area (Å²) >= 11 is 0. The van der Waals surface area contributed by atoms with Crippen LogP contribution in [0.2, 0.25) is 0 Å². The number of hydrogen-bond donors (Lipinski definition) is 1. The summed E-state index contributed by atoms with van der Waals surface area (Å²) in [5, 5.41) is 0. The van der Waals surface area contributed by atoms with Crippen LogP contribution in [0.15, 0.2) is 49.1 Å². The van der Waals surface area contributed by atoms with Gasteiger partial charge in [0.1, 0.15) is 0 Å². The van der Waals surface area contributed by atoms with Gasteiger partial charge in [-0.25, -0.2) is 4.98 Å². The van der Waals surface area contributed by atoms with Gasteiger partial charge in [0.2, 0.25) is 0 Å². The molecule has 16 heavy (non-hydrogen) atoms. The number of fused-ring (bicyclic) bond motifs is 1. The number of aromatic nitrogens is 3. The third-order valence-electron chi connectivity index (χ3n) is 2.53. The van der Waals surface area contributed by atoms with Gasteiger partial charge in [-0.3, -0.25) is 9.38 Å². The predicted molar refractivity (Wildman–Crippen MR) is 62.8 cm³/mol. The molecule has 4 heteroatoms. The van der Waals surface area contributed by atoms with Gasteiger partial charge in [0, 0.05) is 30.4 Å². The molecule has 3 heterocycles. The van der Waals surface area contributed by atoms with Crippen molar-refractivity contribution in [2.24, 2.45) is 0 Å². The van der Waals surface area contributed by atoms with Crippen molar-refractivity contribution in [3.05, 3.63) is 49.1 Å². The van der Waals surface area contributed by atoms with Crippen LogP contribution in [0.4, 0.5) is 5.69 Å². The minimum Gasteiger partial charge on any atom is -0.396 e. The number of anilines is 1. The van der Waals surface area contributed by atoms with Crippen molar-refractivity contribution in [2.75, 3.05) is 5.73 Å². The summed E-state index contributed by atoms with van der Waals surface area (Å²) in [5.74, 6) is 0. The van der Waals surface area contributed by atoms with E-state index in [1.54, 1.807) is 18.6 Å². The second kappa shape index (κ2) is 3.34. The van der Waals surface area contributed by atoms with Crippen LogP contribution < -0.4 is 5.73 Å². The van der Waals surface area contributed by atoms with Gasteiger partial charge in [-0.05, 0) is 24.3 Å². The van der Waals surface area contributed by atoms with E-state index in [4.69, 9.17) is 5.73 Å². The van der Waals surface area contributed by atoms with Crippen LogP contribution in [0.5, 0.6) is 0 Å². The summed E-state index contributed by atoms with van der Waals surface area (Å²) in [5.41, 5.74) is 9.50. The molecular weight excluding hydrogens is 200 g/mol. The topological polar surface area (TPSA) is 56.2 Å². The molecule has 0 fully saturated rings. The fraction of sp³-hybridized carbons (Fsp3) is 0. The highest BCUT2D eigenvalue weighted by Crippen LogP contribution is 2.25. The summed E-state index contributed by atoms with van der Waals surface area (Å²) in [6, 6.07) is 7.72. The lowest BCUT2D eigenvalue weighted by molar-refractivity contribution is 1.14. The van der Waals surface area contributed by atoms with Crippen molar-refractivity contribution in [1.29, 1.82) is 0 Å². The molecule has 0 radical (unpaired) electrons. The summed E-state index contributed by atoms with van der Waals surface area (Å²) in [7, 11) is 0. The van der Waals surface area contributed by atoms with Gasteiger partial charge in [0.15, 0.2) is 5.65 Å². The molecule has 0 unspecified atom stereocenters. The maximum absolute atomic E-state index is 5.92. The van der Waals surface area contributed by atoms with E-state index in [0.29, 0.717) is 5.69 Å². The molecule has 0 aliphatic carbocycles. The number of nitrogen functional groups attached to an aromatic ring is 1. The third kappa shape index (κ3) is 1.24. The quantitative estimate of drug-likeness (QED) is 0.668. The average molecular weight is 210 g/mol. The molecule has 78 valence electrons. The molecule has 0 atom stereocenters. The molecular formula is C12H10N4. The second-order valence-electron chi connectivity index (χ2n) is 3.53. The molecule has 4 nitrogen and oxygen atoms in total. The monoisotopic (exact) mass is 210 g/mol. The fourth-order valence-electron chi connectivity index (χ4n) is 1.81. The highest BCUT2D eigenvalue weighted by molar-refractivity contribution is 5.76. The van der Waals surface area contributed by atoms with Crippen LogP contribution in [-0.4, -0.2) is 14.4 Å². The van der Waals surface area contributed by atoms with Crippen LogP contribution in [0.25, 0.3) is 16.9 Å². The molecule has 0 bridgehead atoms. The molecule has 0 saturated heterocycles. The van der Waals surface area contributed by atoms with Gasteiger partial charge in [-0.1, -0.05) is 0 Å². The van der Waals surface area contributed by atoms with Crippen molar-refractivity contribution >= 4 is 11.3 Å². The Labute approximate surface area is 92.4 Å². The number of pyridine rings is 1. The van der Waals surface area contributed by atoms with Gasteiger partial charge in [-0.15, -0.1) is 0 Å². The van der Waals surface area contributed by atoms with Crippen LogP contribution in [0.1, 0.15) is 0 Å². The molecule has 0 aliphatic heterocycles. The Bertz CT molecular complexity index is 628. The minimum atomic E-state index is 0.687. The van der Waals surface area contributed by atoms with E-state index >= 15 is 0 Å². The van der Waals surface area contributed by atoms with E-state index in [9.17, 15) is 0 Å². The van der Waals surface area contributed by atoms with E-state index in [-0.39, 0.29) is 0 Å². The smallest absolute Gasteiger partial charge is 0.160 e. The zero-order valence-corrected chi connectivity index (χ0v) is 8.54. The number of rotatable bonds is 1. The maximum Gasteiger partial charge on any atom is 0.160 e. The second-order valence-corrected chi connectivity index (χ2v) is 3.53. The van der Waals surface area contributed by atoms with Crippen molar-refractivity contribution < 1.29 is 0 Å². The highest BCUT2D eigenvalue weighted by Gasteiger charge is 2.08. The molecule has 0 spiro atoms. The zero-order chi connectivity index (χ0) is 11.0. The Morgan fingerprint density at radius 3 is 2.75 bits per heavy atom. The van der Waals surface area contributed by atoms with E-state index in [2.05, 4.69) is 9.97 Å². The van der Waals surface area contributed by atoms with Crippen LogP contribution >= 0.6 is 0 Å². The first-order valence-electron chi connectivity index (χ1n) is 4.98. The van der Waals surface area contributed by atoms with Crippen LogP contribution in [0.3, 0.4) is 0 Å². The predicted octanol–water partition coefficient (Wildman–Crippen LogP) is 1.98. The Hall–Kier alpha value is -2.36. The third-order valence-corrected chi connectivity index (χ3v) is 2.53. The van der Waals surface area contributed by atoms with E-state index in [1.165, 1.54) is 0 Å². The number of nitrogens with zero attached hydrogens (tertiary/aromatic N) is 3. The Balaban J connectivity index is 2.33. The SMILES string of the molecule is Nc1cc(-c2ccncc2)n2cccnc12. The standard InChI is InChI=1S/C12H10N4/c13-10-8-11(9-2-5-14-6-3-9)16-7-1-4-15-12(10)16/h1-8H,13H2. The molecule has 2 N–H and O–H groups in total. The summed E-state index contributed by atoms with van der Waals surface area (Å²) in [4.78, 5) is 8.25. The van der Waals surface area contributed by atoms with E-state index in [1.807, 2.05) is 34.9 Å². The number of hydrogen-bond acceptors (Lipinski definition) is 3. The number of nitrogens with two attached hydrogens (primary N) is 1. The van der Waals surface area contributed by atoms with Gasteiger partial charge < -0.3 is 5.73 Å². The first-order valence-corrected chi connectivity index (χ1v) is 4.98. The van der Waals surface area contributed by atoms with E-state index < -0.39 is 0 Å². The lowest BCUT2D eigenvalue weighted by Crippen LogP contribution is -1.90. The molecule has 3 rings (SSSR count). The summed E-state index contributed by atoms with van der Waals surface area (Å²) in [6.45, 7) is 0. The van der Waals surface area contributed by atoms with Gasteiger partial charge in [0.25, 0.3) is 0 Å². The molecule has 0 saturated carbocycles. The zero-order valence-electron chi connectivity index (χ0n) is 8.54. The van der Waals surface area contributed by atoms with Crippen molar-refractivity contribution in [1.82, 2.24) is 14.4 Å².